The van der Waals surface area contributed by atoms with Gasteiger partial charge in [-0.2, -0.15) is 0 Å². The molecular formula is C24H33N3O6. The molecule has 1 N–H and O–H groups in total. The highest BCUT2D eigenvalue weighted by molar-refractivity contribution is 5.68. The molecule has 1 amide bonds. The Hall–Kier alpha value is -3.20. The second-order valence-electron chi connectivity index (χ2n) is 9.04. The van der Waals surface area contributed by atoms with Gasteiger partial charge < -0.3 is 28.8 Å². The summed E-state index contributed by atoms with van der Waals surface area (Å²) in [4.78, 5) is 28.8. The van der Waals surface area contributed by atoms with Gasteiger partial charge in [-0.3, -0.25) is 9.69 Å². The Labute approximate surface area is 194 Å². The minimum absolute atomic E-state index is 0.238. The van der Waals surface area contributed by atoms with E-state index in [4.69, 9.17) is 14.2 Å². The normalized spacial score (nSPS) is 14.8. The second kappa shape index (κ2) is 10.2. The van der Waals surface area contributed by atoms with E-state index in [1.54, 1.807) is 49.6 Å². The van der Waals surface area contributed by atoms with E-state index >= 15 is 0 Å². The van der Waals surface area contributed by atoms with Crippen molar-refractivity contribution in [3.8, 4) is 17.2 Å². The molecule has 0 spiro atoms. The van der Waals surface area contributed by atoms with Crippen LogP contribution in [0.15, 0.2) is 35.3 Å². The molecule has 180 valence electrons. The molecule has 2 aromatic rings. The maximum atomic E-state index is 12.8. The van der Waals surface area contributed by atoms with E-state index in [0.717, 1.165) is 5.56 Å². The van der Waals surface area contributed by atoms with Crippen LogP contribution in [0.3, 0.4) is 0 Å². The lowest BCUT2D eigenvalue weighted by Gasteiger charge is -2.35. The van der Waals surface area contributed by atoms with Gasteiger partial charge in [-0.25, -0.2) is 4.79 Å². The summed E-state index contributed by atoms with van der Waals surface area (Å²) in [5.41, 5.74) is 0.326. The molecule has 0 unspecified atom stereocenters. The van der Waals surface area contributed by atoms with Gasteiger partial charge in [0.25, 0.3) is 5.56 Å². The quantitative estimate of drug-likeness (QED) is 0.710. The summed E-state index contributed by atoms with van der Waals surface area (Å²) >= 11 is 0. The number of benzene rings is 1. The minimum Gasteiger partial charge on any atom is -0.503 e. The SMILES string of the molecule is COc1ccc(OC)c(Cn2ccc(CN3CCN(C(=O)OC(C)(C)C)CC3)c(O)c2=O)c1. The summed E-state index contributed by atoms with van der Waals surface area (Å²) in [6.07, 6.45) is 1.35. The predicted octanol–water partition coefficient (Wildman–Crippen LogP) is 2.67. The molecule has 0 aliphatic carbocycles. The summed E-state index contributed by atoms with van der Waals surface area (Å²) in [6.45, 7) is 8.51. The Morgan fingerprint density at radius 1 is 1.00 bits per heavy atom. The van der Waals surface area contributed by atoms with E-state index in [-0.39, 0.29) is 18.4 Å². The highest BCUT2D eigenvalue weighted by Crippen LogP contribution is 2.25. The fourth-order valence-electron chi connectivity index (χ4n) is 3.70. The molecule has 33 heavy (non-hydrogen) atoms. The lowest BCUT2D eigenvalue weighted by Crippen LogP contribution is -2.49. The first-order chi connectivity index (χ1) is 15.6. The highest BCUT2D eigenvalue weighted by Gasteiger charge is 2.26. The zero-order chi connectivity index (χ0) is 24.2. The van der Waals surface area contributed by atoms with Gasteiger partial charge >= 0.3 is 6.09 Å². The maximum Gasteiger partial charge on any atom is 0.410 e. The van der Waals surface area contributed by atoms with Crippen molar-refractivity contribution >= 4 is 6.09 Å². The number of ether oxygens (including phenoxy) is 3. The third-order valence-corrected chi connectivity index (χ3v) is 5.47. The van der Waals surface area contributed by atoms with Gasteiger partial charge in [0.1, 0.15) is 17.1 Å². The number of nitrogens with zero attached hydrogens (tertiary/aromatic N) is 3. The fraction of sp³-hybridized carbons (Fsp3) is 0.500. The number of amides is 1. The van der Waals surface area contributed by atoms with Crippen LogP contribution in [0.5, 0.6) is 17.2 Å². The van der Waals surface area contributed by atoms with Gasteiger partial charge in [0.2, 0.25) is 0 Å². The number of pyridine rings is 1. The van der Waals surface area contributed by atoms with Crippen LogP contribution in [0.2, 0.25) is 0 Å². The van der Waals surface area contributed by atoms with Crippen LogP contribution in [0.25, 0.3) is 0 Å². The topological polar surface area (TPSA) is 93.5 Å². The largest absolute Gasteiger partial charge is 0.503 e. The van der Waals surface area contributed by atoms with Gasteiger partial charge in [0, 0.05) is 50.0 Å². The van der Waals surface area contributed by atoms with Crippen molar-refractivity contribution in [1.29, 1.82) is 0 Å². The Kier molecular flexibility index (Phi) is 7.53. The molecule has 1 aliphatic heterocycles. The molecule has 9 heteroatoms. The number of hydrogen-bond acceptors (Lipinski definition) is 7. The Balaban J connectivity index is 1.66. The van der Waals surface area contributed by atoms with Crippen LogP contribution < -0.4 is 15.0 Å². The first kappa shape index (κ1) is 24.4. The molecule has 1 saturated heterocycles. The van der Waals surface area contributed by atoms with Gasteiger partial charge in [0.05, 0.1) is 20.8 Å². The van der Waals surface area contributed by atoms with Crippen molar-refractivity contribution in [2.75, 3.05) is 40.4 Å². The van der Waals surface area contributed by atoms with E-state index in [1.165, 1.54) is 4.57 Å². The molecular weight excluding hydrogens is 426 g/mol. The van der Waals surface area contributed by atoms with Gasteiger partial charge in [-0.05, 0) is 45.0 Å². The van der Waals surface area contributed by atoms with E-state index in [0.29, 0.717) is 49.8 Å². The van der Waals surface area contributed by atoms with Crippen LogP contribution >= 0.6 is 0 Å². The molecule has 2 heterocycles. The maximum absolute atomic E-state index is 12.8. The fourth-order valence-corrected chi connectivity index (χ4v) is 3.70. The van der Waals surface area contributed by atoms with Crippen molar-refractivity contribution in [2.45, 2.75) is 39.5 Å². The lowest BCUT2D eigenvalue weighted by molar-refractivity contribution is 0.0138. The summed E-state index contributed by atoms with van der Waals surface area (Å²) in [6, 6.07) is 7.13. The number of aromatic hydroxyl groups is 1. The van der Waals surface area contributed by atoms with Crippen molar-refractivity contribution in [3.05, 3.63) is 51.9 Å². The van der Waals surface area contributed by atoms with Crippen molar-refractivity contribution in [3.63, 3.8) is 0 Å². The number of carbonyl (C=O) groups is 1. The van der Waals surface area contributed by atoms with Crippen LogP contribution in [-0.2, 0) is 17.8 Å². The molecule has 0 saturated carbocycles. The van der Waals surface area contributed by atoms with E-state index in [1.807, 2.05) is 20.8 Å². The van der Waals surface area contributed by atoms with E-state index < -0.39 is 11.2 Å². The summed E-state index contributed by atoms with van der Waals surface area (Å²) in [7, 11) is 3.14. The standard InChI is InChI=1S/C24H33N3O6/c1-24(2,3)33-23(30)26-12-10-25(11-13-26)15-17-8-9-27(22(29)21(17)28)16-18-14-19(31-4)6-7-20(18)32-5/h6-9,14,28H,10-13,15-16H2,1-5H3. The van der Waals surface area contributed by atoms with Crippen molar-refractivity contribution < 1.29 is 24.1 Å². The number of piperazine rings is 1. The van der Waals surface area contributed by atoms with Crippen LogP contribution in [0.1, 0.15) is 31.9 Å². The number of hydrogen-bond donors (Lipinski definition) is 1. The third-order valence-electron chi connectivity index (χ3n) is 5.47. The Morgan fingerprint density at radius 3 is 2.30 bits per heavy atom. The monoisotopic (exact) mass is 459 g/mol. The average Bonchev–Trinajstić information content (AvgIpc) is 2.78. The summed E-state index contributed by atoms with van der Waals surface area (Å²) in [5.74, 6) is 1.02. The van der Waals surface area contributed by atoms with E-state index in [9.17, 15) is 14.7 Å². The van der Waals surface area contributed by atoms with Gasteiger partial charge in [-0.1, -0.05) is 0 Å². The van der Waals surface area contributed by atoms with E-state index in [2.05, 4.69) is 4.90 Å². The second-order valence-corrected chi connectivity index (χ2v) is 9.04. The molecule has 1 aliphatic rings. The highest BCUT2D eigenvalue weighted by atomic mass is 16.6. The first-order valence-corrected chi connectivity index (χ1v) is 10.9. The molecule has 0 radical (unpaired) electrons. The smallest absolute Gasteiger partial charge is 0.410 e. The first-order valence-electron chi connectivity index (χ1n) is 10.9. The molecule has 0 atom stereocenters. The van der Waals surface area contributed by atoms with Crippen LogP contribution in [-0.4, -0.2) is 71.6 Å². The zero-order valence-corrected chi connectivity index (χ0v) is 20.0. The molecule has 3 rings (SSSR count). The summed E-state index contributed by atoms with van der Waals surface area (Å²) in [5, 5.41) is 10.6. The zero-order valence-electron chi connectivity index (χ0n) is 20.0. The number of rotatable bonds is 6. The third kappa shape index (κ3) is 6.19. The molecule has 0 bridgehead atoms. The van der Waals surface area contributed by atoms with Gasteiger partial charge in [-0.15, -0.1) is 0 Å². The van der Waals surface area contributed by atoms with Gasteiger partial charge in [0.15, 0.2) is 5.75 Å². The van der Waals surface area contributed by atoms with Crippen molar-refractivity contribution in [1.82, 2.24) is 14.4 Å². The molecule has 9 nitrogen and oxygen atoms in total. The minimum atomic E-state index is -0.529. The van der Waals surface area contributed by atoms with Crippen LogP contribution in [0.4, 0.5) is 4.79 Å². The molecule has 1 fully saturated rings. The number of carbonyl (C=O) groups excluding carboxylic acids is 1. The Bertz CT molecular complexity index is 1040. The average molecular weight is 460 g/mol. The Morgan fingerprint density at radius 2 is 1.70 bits per heavy atom. The summed E-state index contributed by atoms with van der Waals surface area (Å²) < 4.78 is 17.5. The van der Waals surface area contributed by atoms with Crippen molar-refractivity contribution in [2.24, 2.45) is 0 Å². The molecule has 1 aromatic heterocycles. The number of methoxy groups -OCH3 is 2. The van der Waals surface area contributed by atoms with Crippen LogP contribution in [0, 0.1) is 0 Å². The number of aromatic nitrogens is 1. The lowest BCUT2D eigenvalue weighted by atomic mass is 10.1. The predicted molar refractivity (Wildman–Crippen MR) is 124 cm³/mol. The molecule has 1 aromatic carbocycles.